The average Bonchev–Trinajstić information content (AvgIpc) is 3.17. The summed E-state index contributed by atoms with van der Waals surface area (Å²) in [5, 5.41) is 6.35. The first-order valence-electron chi connectivity index (χ1n) is 7.15. The molecule has 0 N–H and O–H groups in total. The third-order valence-electron chi connectivity index (χ3n) is 3.58. The minimum Gasteiger partial charge on any atom is -0.384 e. The first kappa shape index (κ1) is 15.4. The molecule has 0 unspecified atom stereocenters. The third kappa shape index (κ3) is 2.86. The Balaban J connectivity index is 1.97. The Hall–Kier alpha value is -1.50. The Labute approximate surface area is 138 Å². The van der Waals surface area contributed by atoms with Gasteiger partial charge in [-0.05, 0) is 26.8 Å². The summed E-state index contributed by atoms with van der Waals surface area (Å²) in [4.78, 5) is 9.34. The SMILES string of the molecule is COCCc1nc(-c2cc(C)n(-c3nc(C)cs3)c2C)cs1. The summed E-state index contributed by atoms with van der Waals surface area (Å²) in [7, 11) is 1.72. The van der Waals surface area contributed by atoms with E-state index in [0.29, 0.717) is 6.61 Å². The number of aromatic nitrogens is 3. The van der Waals surface area contributed by atoms with Crippen LogP contribution in [0, 0.1) is 20.8 Å². The predicted octanol–water partition coefficient (Wildman–Crippen LogP) is 4.17. The van der Waals surface area contributed by atoms with Crippen molar-refractivity contribution in [2.75, 3.05) is 13.7 Å². The van der Waals surface area contributed by atoms with Crippen LogP contribution < -0.4 is 0 Å². The molecule has 0 aliphatic rings. The molecule has 0 aromatic carbocycles. The number of rotatable bonds is 5. The summed E-state index contributed by atoms with van der Waals surface area (Å²) in [5.74, 6) is 0. The fourth-order valence-electron chi connectivity index (χ4n) is 2.50. The van der Waals surface area contributed by atoms with Crippen molar-refractivity contribution in [2.24, 2.45) is 0 Å². The Morgan fingerprint density at radius 3 is 2.64 bits per heavy atom. The molecule has 3 heterocycles. The fourth-order valence-corrected chi connectivity index (χ4v) is 4.19. The Kier molecular flexibility index (Phi) is 4.42. The maximum atomic E-state index is 5.12. The fraction of sp³-hybridized carbons (Fsp3) is 0.375. The molecule has 0 spiro atoms. The minimum atomic E-state index is 0.713. The molecule has 22 heavy (non-hydrogen) atoms. The van der Waals surface area contributed by atoms with Gasteiger partial charge in [-0.2, -0.15) is 0 Å². The van der Waals surface area contributed by atoms with Gasteiger partial charge in [-0.1, -0.05) is 0 Å². The number of ether oxygens (including phenoxy) is 1. The van der Waals surface area contributed by atoms with Crippen molar-refractivity contribution in [1.82, 2.24) is 14.5 Å². The zero-order valence-corrected chi connectivity index (χ0v) is 14.8. The summed E-state index contributed by atoms with van der Waals surface area (Å²) in [6.07, 6.45) is 0.867. The van der Waals surface area contributed by atoms with E-state index < -0.39 is 0 Å². The molecular formula is C16H19N3OS2. The molecule has 0 radical (unpaired) electrons. The lowest BCUT2D eigenvalue weighted by molar-refractivity contribution is 0.202. The van der Waals surface area contributed by atoms with Crippen molar-refractivity contribution in [2.45, 2.75) is 27.2 Å². The number of hydrogen-bond donors (Lipinski definition) is 0. The summed E-state index contributed by atoms with van der Waals surface area (Å²) < 4.78 is 7.33. The van der Waals surface area contributed by atoms with E-state index in [9.17, 15) is 0 Å². The molecule has 6 heteroatoms. The molecule has 116 valence electrons. The van der Waals surface area contributed by atoms with Crippen molar-refractivity contribution in [3.05, 3.63) is 38.9 Å². The normalized spacial score (nSPS) is 11.3. The highest BCUT2D eigenvalue weighted by molar-refractivity contribution is 7.12. The molecule has 3 rings (SSSR count). The smallest absolute Gasteiger partial charge is 0.194 e. The lowest BCUT2D eigenvalue weighted by Crippen LogP contribution is -1.98. The average molecular weight is 333 g/mol. The Morgan fingerprint density at radius 1 is 1.14 bits per heavy atom. The maximum Gasteiger partial charge on any atom is 0.194 e. The molecule has 0 aliphatic carbocycles. The van der Waals surface area contributed by atoms with E-state index in [1.165, 1.54) is 17.0 Å². The zero-order valence-electron chi connectivity index (χ0n) is 13.2. The number of nitrogens with zero attached hydrogens (tertiary/aromatic N) is 3. The van der Waals surface area contributed by atoms with Gasteiger partial charge in [0.1, 0.15) is 0 Å². The van der Waals surface area contributed by atoms with Gasteiger partial charge in [0.15, 0.2) is 5.13 Å². The standard InChI is InChI=1S/C16H19N3OS2/c1-10-8-22-16(17-10)19-11(2)7-13(12(19)3)14-9-21-15(18-14)5-6-20-4/h7-9H,5-6H2,1-4H3. The second-order valence-electron chi connectivity index (χ2n) is 5.26. The van der Waals surface area contributed by atoms with Crippen LogP contribution in [0.3, 0.4) is 0 Å². The van der Waals surface area contributed by atoms with Crippen molar-refractivity contribution >= 4 is 22.7 Å². The van der Waals surface area contributed by atoms with Gasteiger partial charge in [-0.3, -0.25) is 4.57 Å². The van der Waals surface area contributed by atoms with E-state index in [1.54, 1.807) is 29.8 Å². The number of thiazole rings is 2. The first-order chi connectivity index (χ1) is 10.6. The summed E-state index contributed by atoms with van der Waals surface area (Å²) in [6, 6.07) is 2.20. The van der Waals surface area contributed by atoms with E-state index in [1.807, 2.05) is 6.92 Å². The minimum absolute atomic E-state index is 0.713. The molecule has 0 amide bonds. The van der Waals surface area contributed by atoms with Crippen LogP contribution in [0.2, 0.25) is 0 Å². The van der Waals surface area contributed by atoms with Crippen LogP contribution in [0.4, 0.5) is 0 Å². The number of methoxy groups -OCH3 is 1. The van der Waals surface area contributed by atoms with Gasteiger partial charge in [0, 0.05) is 41.2 Å². The Morgan fingerprint density at radius 2 is 1.95 bits per heavy atom. The monoisotopic (exact) mass is 333 g/mol. The third-order valence-corrected chi connectivity index (χ3v) is 5.43. The molecule has 3 aromatic heterocycles. The van der Waals surface area contributed by atoms with Crippen LogP contribution in [0.15, 0.2) is 16.8 Å². The number of aryl methyl sites for hydroxylation is 2. The van der Waals surface area contributed by atoms with E-state index in [4.69, 9.17) is 9.72 Å². The van der Waals surface area contributed by atoms with Crippen LogP contribution in [-0.4, -0.2) is 28.3 Å². The lowest BCUT2D eigenvalue weighted by Gasteiger charge is -2.05. The molecule has 4 nitrogen and oxygen atoms in total. The van der Waals surface area contributed by atoms with Gasteiger partial charge in [-0.15, -0.1) is 22.7 Å². The van der Waals surface area contributed by atoms with Gasteiger partial charge in [-0.25, -0.2) is 9.97 Å². The van der Waals surface area contributed by atoms with Gasteiger partial charge < -0.3 is 4.74 Å². The molecule has 0 saturated carbocycles. The highest BCUT2D eigenvalue weighted by Crippen LogP contribution is 2.31. The van der Waals surface area contributed by atoms with E-state index in [0.717, 1.165) is 27.9 Å². The van der Waals surface area contributed by atoms with Crippen molar-refractivity contribution < 1.29 is 4.74 Å². The molecule has 0 aliphatic heterocycles. The molecule has 3 aromatic rings. The van der Waals surface area contributed by atoms with Crippen LogP contribution in [0.1, 0.15) is 22.1 Å². The highest BCUT2D eigenvalue weighted by Gasteiger charge is 2.16. The van der Waals surface area contributed by atoms with Crippen LogP contribution in [0.5, 0.6) is 0 Å². The topological polar surface area (TPSA) is 39.9 Å². The zero-order chi connectivity index (χ0) is 15.7. The Bertz CT molecular complexity index is 785. The van der Waals surface area contributed by atoms with Crippen LogP contribution >= 0.6 is 22.7 Å². The molecule has 0 fully saturated rings. The summed E-state index contributed by atoms with van der Waals surface area (Å²) in [6.45, 7) is 6.99. The van der Waals surface area contributed by atoms with Crippen molar-refractivity contribution in [1.29, 1.82) is 0 Å². The first-order valence-corrected chi connectivity index (χ1v) is 8.91. The molecule has 0 atom stereocenters. The molecule has 0 saturated heterocycles. The van der Waals surface area contributed by atoms with Gasteiger partial charge in [0.25, 0.3) is 0 Å². The second kappa shape index (κ2) is 6.32. The van der Waals surface area contributed by atoms with E-state index in [2.05, 4.69) is 40.2 Å². The predicted molar refractivity (Wildman–Crippen MR) is 92.3 cm³/mol. The summed E-state index contributed by atoms with van der Waals surface area (Å²) in [5.41, 5.74) is 5.67. The van der Waals surface area contributed by atoms with Crippen molar-refractivity contribution in [3.63, 3.8) is 0 Å². The van der Waals surface area contributed by atoms with Crippen LogP contribution in [0.25, 0.3) is 16.4 Å². The molecule has 0 bridgehead atoms. The second-order valence-corrected chi connectivity index (χ2v) is 7.04. The lowest BCUT2D eigenvalue weighted by atomic mass is 10.2. The van der Waals surface area contributed by atoms with Gasteiger partial charge in [0.2, 0.25) is 0 Å². The van der Waals surface area contributed by atoms with E-state index in [-0.39, 0.29) is 0 Å². The van der Waals surface area contributed by atoms with Crippen LogP contribution in [-0.2, 0) is 11.2 Å². The van der Waals surface area contributed by atoms with Crippen molar-refractivity contribution in [3.8, 4) is 16.4 Å². The molecular weight excluding hydrogens is 314 g/mol. The summed E-state index contributed by atoms with van der Waals surface area (Å²) >= 11 is 3.37. The van der Waals surface area contributed by atoms with E-state index >= 15 is 0 Å². The number of hydrogen-bond acceptors (Lipinski definition) is 5. The maximum absolute atomic E-state index is 5.12. The van der Waals surface area contributed by atoms with Gasteiger partial charge >= 0.3 is 0 Å². The largest absolute Gasteiger partial charge is 0.384 e. The highest BCUT2D eigenvalue weighted by atomic mass is 32.1. The van der Waals surface area contributed by atoms with Gasteiger partial charge in [0.05, 0.1) is 23.0 Å². The quantitative estimate of drug-likeness (QED) is 0.703.